The maximum Gasteiger partial charge on any atom is 0.289 e. The van der Waals surface area contributed by atoms with Gasteiger partial charge in [-0.1, -0.05) is 30.3 Å². The number of nitro benzene ring substituents is 1. The van der Waals surface area contributed by atoms with Crippen LogP contribution in [0, 0.1) is 10.1 Å². The van der Waals surface area contributed by atoms with E-state index in [1.165, 1.54) is 30.5 Å². The number of likely N-dealkylation sites (tertiary alicyclic amines) is 1. The Kier molecular flexibility index (Phi) is 9.64. The number of hydrogen-bond donors (Lipinski definition) is 1. The Labute approximate surface area is 237 Å². The molecule has 0 aliphatic carbocycles. The highest BCUT2D eigenvalue weighted by atomic mass is 32.2. The predicted octanol–water partition coefficient (Wildman–Crippen LogP) is 3.33. The molecule has 214 valence electrons. The van der Waals surface area contributed by atoms with Gasteiger partial charge >= 0.3 is 0 Å². The van der Waals surface area contributed by atoms with Crippen LogP contribution in [0.3, 0.4) is 0 Å². The molecule has 0 atom stereocenters. The average Bonchev–Trinajstić information content (AvgIpc) is 3.00. The second kappa shape index (κ2) is 13.5. The molecule has 1 aliphatic heterocycles. The van der Waals surface area contributed by atoms with Crippen molar-refractivity contribution in [2.45, 2.75) is 24.2 Å². The van der Waals surface area contributed by atoms with Crippen LogP contribution in [0.2, 0.25) is 0 Å². The van der Waals surface area contributed by atoms with Gasteiger partial charge in [-0.25, -0.2) is 13.8 Å². The molecule has 41 heavy (non-hydrogen) atoms. The van der Waals surface area contributed by atoms with Crippen LogP contribution in [0.5, 0.6) is 5.75 Å². The number of sulfonamides is 1. The van der Waals surface area contributed by atoms with Gasteiger partial charge in [0.1, 0.15) is 12.3 Å². The van der Waals surface area contributed by atoms with Crippen LogP contribution in [-0.4, -0.2) is 62.5 Å². The van der Waals surface area contributed by atoms with Crippen LogP contribution in [0.15, 0.2) is 88.9 Å². The maximum absolute atomic E-state index is 13.5. The Balaban J connectivity index is 1.39. The quantitative estimate of drug-likeness (QED) is 0.208. The first kappa shape index (κ1) is 29.2. The van der Waals surface area contributed by atoms with Crippen molar-refractivity contribution in [1.82, 2.24) is 10.3 Å². The molecule has 0 unspecified atom stereocenters. The van der Waals surface area contributed by atoms with E-state index in [2.05, 4.69) is 10.5 Å². The lowest BCUT2D eigenvalue weighted by atomic mass is 10.1. The third-order valence-electron chi connectivity index (χ3n) is 6.32. The minimum atomic E-state index is -4.49. The van der Waals surface area contributed by atoms with E-state index >= 15 is 0 Å². The number of rotatable bonds is 11. The minimum absolute atomic E-state index is 0.0452. The van der Waals surface area contributed by atoms with Gasteiger partial charge in [0.05, 0.1) is 16.8 Å². The van der Waals surface area contributed by atoms with Gasteiger partial charge in [-0.15, -0.1) is 0 Å². The van der Waals surface area contributed by atoms with E-state index in [4.69, 9.17) is 4.74 Å². The number of hydrazone groups is 1. The molecule has 1 aliphatic rings. The Morgan fingerprint density at radius 1 is 0.976 bits per heavy atom. The van der Waals surface area contributed by atoms with E-state index in [1.807, 2.05) is 0 Å². The number of ether oxygens (including phenoxy) is 1. The van der Waals surface area contributed by atoms with Crippen molar-refractivity contribution in [2.24, 2.45) is 5.10 Å². The van der Waals surface area contributed by atoms with Crippen molar-refractivity contribution in [3.05, 3.63) is 94.5 Å². The molecule has 2 amide bonds. The second-order valence-electron chi connectivity index (χ2n) is 9.16. The summed E-state index contributed by atoms with van der Waals surface area (Å²) >= 11 is 0. The third kappa shape index (κ3) is 7.66. The molecule has 0 radical (unpaired) electrons. The zero-order valence-corrected chi connectivity index (χ0v) is 22.9. The first-order valence-corrected chi connectivity index (χ1v) is 14.3. The van der Waals surface area contributed by atoms with Crippen molar-refractivity contribution in [3.63, 3.8) is 0 Å². The van der Waals surface area contributed by atoms with E-state index in [0.29, 0.717) is 11.3 Å². The summed E-state index contributed by atoms with van der Waals surface area (Å²) in [5.41, 5.74) is 2.46. The lowest BCUT2D eigenvalue weighted by Crippen LogP contribution is -2.39. The van der Waals surface area contributed by atoms with E-state index in [-0.39, 0.29) is 18.2 Å². The Hall–Kier alpha value is -4.78. The maximum atomic E-state index is 13.5. The third-order valence-corrected chi connectivity index (χ3v) is 8.14. The molecule has 1 N–H and O–H groups in total. The molecular weight excluding hydrogens is 550 g/mol. The SMILES string of the molecule is O=C(CN(c1ccccc1)S(=O)(=O)c1ccccc1[N+](=O)[O-])N/N=C\c1ccc(OCC(=O)N2CCCCC2)cc1. The highest BCUT2D eigenvalue weighted by Crippen LogP contribution is 2.29. The molecule has 12 nitrogen and oxygen atoms in total. The summed E-state index contributed by atoms with van der Waals surface area (Å²) in [6.45, 7) is 0.791. The van der Waals surface area contributed by atoms with E-state index in [0.717, 1.165) is 48.8 Å². The van der Waals surface area contributed by atoms with E-state index in [9.17, 15) is 28.1 Å². The van der Waals surface area contributed by atoms with Crippen LogP contribution >= 0.6 is 0 Å². The Morgan fingerprint density at radius 3 is 2.32 bits per heavy atom. The number of piperidine rings is 1. The molecule has 0 spiro atoms. The fourth-order valence-electron chi connectivity index (χ4n) is 4.23. The second-order valence-corrected chi connectivity index (χ2v) is 11.0. The number of carbonyl (C=O) groups excluding carboxylic acids is 2. The summed E-state index contributed by atoms with van der Waals surface area (Å²) in [4.78, 5) is 37.0. The molecule has 1 heterocycles. The Morgan fingerprint density at radius 2 is 1.63 bits per heavy atom. The number of benzene rings is 3. The van der Waals surface area contributed by atoms with Crippen LogP contribution < -0.4 is 14.5 Å². The zero-order chi connectivity index (χ0) is 29.2. The molecule has 13 heteroatoms. The van der Waals surface area contributed by atoms with Crippen LogP contribution in [0.1, 0.15) is 24.8 Å². The van der Waals surface area contributed by atoms with Crippen molar-refractivity contribution >= 4 is 39.4 Å². The molecule has 0 bridgehead atoms. The summed E-state index contributed by atoms with van der Waals surface area (Å²) in [7, 11) is -4.49. The lowest BCUT2D eigenvalue weighted by Gasteiger charge is -2.26. The van der Waals surface area contributed by atoms with Gasteiger partial charge in [-0.3, -0.25) is 24.0 Å². The topological polar surface area (TPSA) is 152 Å². The predicted molar refractivity (Wildman–Crippen MR) is 152 cm³/mol. The lowest BCUT2D eigenvalue weighted by molar-refractivity contribution is -0.387. The standard InChI is InChI=1S/C28H29N5O7S/c34-27(30-29-19-22-13-15-24(16-14-22)40-21-28(35)31-17-7-2-8-18-31)20-32(23-9-3-1-4-10-23)41(38,39)26-12-6-5-11-25(26)33(36)37/h1,3-6,9-16,19H,2,7-8,17-18,20-21H2,(H,30,34)/b29-19-. The summed E-state index contributed by atoms with van der Waals surface area (Å²) < 4.78 is 33.3. The number of carbonyl (C=O) groups is 2. The highest BCUT2D eigenvalue weighted by molar-refractivity contribution is 7.93. The van der Waals surface area contributed by atoms with Crippen molar-refractivity contribution in [3.8, 4) is 5.75 Å². The highest BCUT2D eigenvalue weighted by Gasteiger charge is 2.33. The molecule has 3 aromatic rings. The normalized spacial score (nSPS) is 13.5. The van der Waals surface area contributed by atoms with Crippen LogP contribution in [0.4, 0.5) is 11.4 Å². The molecular formula is C28H29N5O7S. The van der Waals surface area contributed by atoms with Crippen molar-refractivity contribution in [2.75, 3.05) is 30.5 Å². The summed E-state index contributed by atoms with van der Waals surface area (Å²) in [5.74, 6) is -0.301. The van der Waals surface area contributed by atoms with Gasteiger partial charge in [0.2, 0.25) is 0 Å². The molecule has 1 saturated heterocycles. The minimum Gasteiger partial charge on any atom is -0.484 e. The number of nitrogens with zero attached hydrogens (tertiary/aromatic N) is 4. The number of hydrogen-bond acceptors (Lipinski definition) is 8. The summed E-state index contributed by atoms with van der Waals surface area (Å²) in [6.07, 6.45) is 4.51. The smallest absolute Gasteiger partial charge is 0.289 e. The van der Waals surface area contributed by atoms with Gasteiger partial charge in [0, 0.05) is 19.2 Å². The average molecular weight is 580 g/mol. The molecule has 1 fully saturated rings. The van der Waals surface area contributed by atoms with Gasteiger partial charge in [0.25, 0.3) is 27.5 Å². The number of para-hydroxylation sites is 2. The number of anilines is 1. The largest absolute Gasteiger partial charge is 0.484 e. The van der Waals surface area contributed by atoms with Crippen LogP contribution in [0.25, 0.3) is 0 Å². The first-order valence-electron chi connectivity index (χ1n) is 12.9. The number of amides is 2. The molecule has 0 aromatic heterocycles. The van der Waals surface area contributed by atoms with Crippen molar-refractivity contribution in [1.29, 1.82) is 0 Å². The monoisotopic (exact) mass is 579 g/mol. The van der Waals surface area contributed by atoms with E-state index in [1.54, 1.807) is 47.4 Å². The number of nitro groups is 1. The fourth-order valence-corrected chi connectivity index (χ4v) is 5.81. The number of nitrogens with one attached hydrogen (secondary N) is 1. The zero-order valence-electron chi connectivity index (χ0n) is 22.1. The van der Waals surface area contributed by atoms with Gasteiger partial charge < -0.3 is 9.64 Å². The molecule has 4 rings (SSSR count). The van der Waals surface area contributed by atoms with Crippen molar-refractivity contribution < 1.29 is 27.7 Å². The van der Waals surface area contributed by atoms with Crippen LogP contribution in [-0.2, 0) is 19.6 Å². The summed E-state index contributed by atoms with van der Waals surface area (Å²) in [6, 6.07) is 19.5. The fraction of sp³-hybridized carbons (Fsp3) is 0.250. The van der Waals surface area contributed by atoms with Gasteiger partial charge in [-0.2, -0.15) is 5.10 Å². The van der Waals surface area contributed by atoms with E-state index < -0.39 is 38.0 Å². The molecule has 0 saturated carbocycles. The molecule has 3 aromatic carbocycles. The Bertz CT molecular complexity index is 1510. The summed E-state index contributed by atoms with van der Waals surface area (Å²) in [5, 5.41) is 15.4. The van der Waals surface area contributed by atoms with Gasteiger partial charge in [-0.05, 0) is 67.3 Å². The van der Waals surface area contributed by atoms with Gasteiger partial charge in [0.15, 0.2) is 11.5 Å². The first-order chi connectivity index (χ1) is 19.8.